The van der Waals surface area contributed by atoms with Crippen molar-refractivity contribution in [3.05, 3.63) is 58.1 Å². The second-order valence-electron chi connectivity index (χ2n) is 8.97. The number of anilines is 1. The van der Waals surface area contributed by atoms with Crippen LogP contribution in [-0.4, -0.2) is 29.6 Å². The Balaban J connectivity index is 1.54. The fourth-order valence-electron chi connectivity index (χ4n) is 3.76. The third-order valence-corrected chi connectivity index (χ3v) is 6.52. The summed E-state index contributed by atoms with van der Waals surface area (Å²) in [4.78, 5) is 25.3. The van der Waals surface area contributed by atoms with Crippen LogP contribution in [0.1, 0.15) is 73.1 Å². The van der Waals surface area contributed by atoms with Crippen LogP contribution in [0.15, 0.2) is 46.9 Å². The third kappa shape index (κ3) is 8.09. The lowest BCUT2D eigenvalue weighted by molar-refractivity contribution is 0.0926. The van der Waals surface area contributed by atoms with Gasteiger partial charge in [-0.05, 0) is 89.7 Å². The van der Waals surface area contributed by atoms with Gasteiger partial charge in [0.05, 0.1) is 11.1 Å². The Labute approximate surface area is 215 Å². The molecule has 182 valence electrons. The fourth-order valence-corrected chi connectivity index (χ4v) is 4.46. The molecule has 0 bridgehead atoms. The van der Waals surface area contributed by atoms with Gasteiger partial charge in [-0.3, -0.25) is 14.9 Å². The Hall–Kier alpha value is -2.45. The van der Waals surface area contributed by atoms with Crippen molar-refractivity contribution in [2.75, 3.05) is 11.9 Å². The SMILES string of the molecule is CC(C)CCOc1ccc(C(=O)NC(=S)Nc2cccc(C(=O)NC3CCCCC3)c2)cc1Br. The monoisotopic (exact) mass is 545 g/mol. The molecule has 0 unspecified atom stereocenters. The molecule has 1 saturated carbocycles. The summed E-state index contributed by atoms with van der Waals surface area (Å²) in [5.41, 5.74) is 1.64. The fraction of sp³-hybridized carbons (Fsp3) is 0.423. The first kappa shape index (κ1) is 26.2. The van der Waals surface area contributed by atoms with Crippen LogP contribution in [0.3, 0.4) is 0 Å². The van der Waals surface area contributed by atoms with E-state index in [1.165, 1.54) is 6.42 Å². The molecule has 0 atom stereocenters. The second-order valence-corrected chi connectivity index (χ2v) is 10.2. The van der Waals surface area contributed by atoms with Gasteiger partial charge in [0.1, 0.15) is 5.75 Å². The Kier molecular flexibility index (Phi) is 9.89. The topological polar surface area (TPSA) is 79.5 Å². The lowest BCUT2D eigenvalue weighted by Crippen LogP contribution is -2.36. The molecule has 2 aromatic rings. The third-order valence-electron chi connectivity index (χ3n) is 5.70. The van der Waals surface area contributed by atoms with Crippen molar-refractivity contribution in [3.63, 3.8) is 0 Å². The number of carbonyl (C=O) groups excluding carboxylic acids is 2. The summed E-state index contributed by atoms with van der Waals surface area (Å²) in [5, 5.41) is 8.94. The summed E-state index contributed by atoms with van der Waals surface area (Å²) in [6.07, 6.45) is 6.57. The van der Waals surface area contributed by atoms with Gasteiger partial charge in [-0.25, -0.2) is 0 Å². The molecule has 0 aliphatic heterocycles. The summed E-state index contributed by atoms with van der Waals surface area (Å²) < 4.78 is 6.48. The van der Waals surface area contributed by atoms with Crippen LogP contribution in [0.5, 0.6) is 5.75 Å². The number of hydrogen-bond donors (Lipinski definition) is 3. The predicted octanol–water partition coefficient (Wildman–Crippen LogP) is 6.06. The van der Waals surface area contributed by atoms with Crippen LogP contribution in [-0.2, 0) is 0 Å². The van der Waals surface area contributed by atoms with Crippen molar-refractivity contribution >= 4 is 50.8 Å². The van der Waals surface area contributed by atoms with Crippen molar-refractivity contribution in [2.45, 2.75) is 58.4 Å². The number of carbonyl (C=O) groups is 2. The molecule has 6 nitrogen and oxygen atoms in total. The molecule has 3 N–H and O–H groups in total. The van der Waals surface area contributed by atoms with Gasteiger partial charge in [-0.2, -0.15) is 0 Å². The number of amides is 2. The summed E-state index contributed by atoms with van der Waals surface area (Å²) >= 11 is 8.78. The smallest absolute Gasteiger partial charge is 0.257 e. The van der Waals surface area contributed by atoms with Gasteiger partial charge < -0.3 is 15.4 Å². The number of halogens is 1. The molecule has 34 heavy (non-hydrogen) atoms. The van der Waals surface area contributed by atoms with Gasteiger partial charge in [-0.15, -0.1) is 0 Å². The Bertz CT molecular complexity index is 1020. The molecule has 3 rings (SSSR count). The van der Waals surface area contributed by atoms with E-state index >= 15 is 0 Å². The number of benzene rings is 2. The maximum Gasteiger partial charge on any atom is 0.257 e. The highest BCUT2D eigenvalue weighted by atomic mass is 79.9. The van der Waals surface area contributed by atoms with Crippen molar-refractivity contribution in [1.29, 1.82) is 0 Å². The van der Waals surface area contributed by atoms with E-state index in [9.17, 15) is 9.59 Å². The zero-order valence-corrected chi connectivity index (χ0v) is 22.1. The molecular weight excluding hydrogens is 514 g/mol. The van der Waals surface area contributed by atoms with Gasteiger partial charge in [0.2, 0.25) is 0 Å². The van der Waals surface area contributed by atoms with Crippen molar-refractivity contribution in [1.82, 2.24) is 10.6 Å². The molecular formula is C26H32BrN3O3S. The molecule has 1 aliphatic carbocycles. The average molecular weight is 547 g/mol. The zero-order chi connectivity index (χ0) is 24.5. The van der Waals surface area contributed by atoms with Crippen molar-refractivity contribution in [2.24, 2.45) is 5.92 Å². The normalized spacial score (nSPS) is 13.9. The summed E-state index contributed by atoms with van der Waals surface area (Å²) in [6, 6.07) is 12.5. The van der Waals surface area contributed by atoms with E-state index in [-0.39, 0.29) is 23.0 Å². The van der Waals surface area contributed by atoms with Crippen LogP contribution in [0.4, 0.5) is 5.69 Å². The van der Waals surface area contributed by atoms with Crippen LogP contribution in [0.2, 0.25) is 0 Å². The number of thiocarbonyl (C=S) groups is 1. The summed E-state index contributed by atoms with van der Waals surface area (Å²) in [7, 11) is 0. The van der Waals surface area contributed by atoms with E-state index in [1.807, 2.05) is 0 Å². The number of ether oxygens (including phenoxy) is 1. The minimum Gasteiger partial charge on any atom is -0.492 e. The first-order valence-electron chi connectivity index (χ1n) is 11.8. The largest absolute Gasteiger partial charge is 0.492 e. The minimum absolute atomic E-state index is 0.0916. The Morgan fingerprint density at radius 2 is 1.79 bits per heavy atom. The highest BCUT2D eigenvalue weighted by Gasteiger charge is 2.17. The molecule has 2 aromatic carbocycles. The van der Waals surface area contributed by atoms with Gasteiger partial charge in [0.25, 0.3) is 11.8 Å². The van der Waals surface area contributed by atoms with Crippen LogP contribution in [0, 0.1) is 5.92 Å². The van der Waals surface area contributed by atoms with E-state index in [0.717, 1.165) is 32.1 Å². The molecule has 0 spiro atoms. The van der Waals surface area contributed by atoms with Crippen molar-refractivity contribution in [3.8, 4) is 5.75 Å². The second kappa shape index (κ2) is 12.9. The highest BCUT2D eigenvalue weighted by Crippen LogP contribution is 2.26. The highest BCUT2D eigenvalue weighted by molar-refractivity contribution is 9.10. The molecule has 1 aliphatic rings. The van der Waals surface area contributed by atoms with Gasteiger partial charge in [0, 0.05) is 22.9 Å². The number of hydrogen-bond acceptors (Lipinski definition) is 4. The van der Waals surface area contributed by atoms with E-state index in [4.69, 9.17) is 17.0 Å². The molecule has 0 radical (unpaired) electrons. The number of rotatable bonds is 8. The molecule has 1 fully saturated rings. The van der Waals surface area contributed by atoms with E-state index < -0.39 is 0 Å². The standard InChI is InChI=1S/C26H32BrN3O3S/c1-17(2)13-14-33-23-12-11-19(16-22(23)27)25(32)30-26(34)29-21-10-6-7-18(15-21)24(31)28-20-8-4-3-5-9-20/h6-7,10-12,15-17,20H,3-5,8-9,13-14H2,1-2H3,(H,28,31)(H2,29,30,32,34). The first-order chi connectivity index (χ1) is 16.3. The lowest BCUT2D eigenvalue weighted by Gasteiger charge is -2.22. The Morgan fingerprint density at radius 1 is 1.06 bits per heavy atom. The van der Waals surface area contributed by atoms with Gasteiger partial charge in [-0.1, -0.05) is 39.2 Å². The maximum atomic E-state index is 12.6. The molecule has 0 saturated heterocycles. The predicted molar refractivity (Wildman–Crippen MR) is 144 cm³/mol. The zero-order valence-electron chi connectivity index (χ0n) is 19.7. The molecule has 0 heterocycles. The van der Waals surface area contributed by atoms with Crippen LogP contribution < -0.4 is 20.7 Å². The summed E-state index contributed by atoms with van der Waals surface area (Å²) in [5.74, 6) is 0.828. The molecule has 2 amide bonds. The van der Waals surface area contributed by atoms with E-state index in [2.05, 4.69) is 45.7 Å². The Morgan fingerprint density at radius 3 is 2.50 bits per heavy atom. The van der Waals surface area contributed by atoms with E-state index in [1.54, 1.807) is 42.5 Å². The van der Waals surface area contributed by atoms with E-state index in [0.29, 0.717) is 39.6 Å². The van der Waals surface area contributed by atoms with Crippen molar-refractivity contribution < 1.29 is 14.3 Å². The minimum atomic E-state index is -0.335. The summed E-state index contributed by atoms with van der Waals surface area (Å²) in [6.45, 7) is 4.91. The lowest BCUT2D eigenvalue weighted by atomic mass is 9.95. The molecule has 0 aromatic heterocycles. The average Bonchev–Trinajstić information content (AvgIpc) is 2.80. The van der Waals surface area contributed by atoms with Crippen LogP contribution >= 0.6 is 28.1 Å². The number of nitrogens with one attached hydrogen (secondary N) is 3. The van der Waals surface area contributed by atoms with Gasteiger partial charge in [0.15, 0.2) is 5.11 Å². The maximum absolute atomic E-state index is 12.6. The van der Waals surface area contributed by atoms with Crippen LogP contribution in [0.25, 0.3) is 0 Å². The quantitative estimate of drug-likeness (QED) is 0.351. The molecule has 8 heteroatoms. The first-order valence-corrected chi connectivity index (χ1v) is 13.0. The van der Waals surface area contributed by atoms with Gasteiger partial charge >= 0.3 is 0 Å².